The molecule has 0 aliphatic carbocycles. The molecule has 3 rings (SSSR count). The van der Waals surface area contributed by atoms with Gasteiger partial charge in [0.15, 0.2) is 0 Å². The van der Waals surface area contributed by atoms with Crippen LogP contribution in [-0.2, 0) is 7.05 Å². The van der Waals surface area contributed by atoms with Gasteiger partial charge in [0.1, 0.15) is 35.0 Å². The number of carbonyl (C=O) groups excluding carboxylic acids is 1. The molecule has 0 saturated carbocycles. The minimum atomic E-state index is -0.945. The smallest absolute Gasteiger partial charge is 0.255 e. The van der Waals surface area contributed by atoms with Crippen LogP contribution in [0.3, 0.4) is 0 Å². The third-order valence-electron chi connectivity index (χ3n) is 4.27. The molecular formula is C20H19F2N3O3. The Hall–Kier alpha value is -3.42. The summed E-state index contributed by atoms with van der Waals surface area (Å²) in [6.07, 6.45) is 3.31. The summed E-state index contributed by atoms with van der Waals surface area (Å²) in [6.45, 7) is 0. The molecule has 2 aromatic carbocycles. The number of amides is 1. The molecule has 0 fully saturated rings. The highest BCUT2D eigenvalue weighted by molar-refractivity contribution is 5.94. The average Bonchev–Trinajstić information content (AvgIpc) is 3.11. The Bertz CT molecular complexity index is 982. The average molecular weight is 387 g/mol. The molecule has 3 aromatic rings. The van der Waals surface area contributed by atoms with Crippen LogP contribution in [0.15, 0.2) is 48.8 Å². The third kappa shape index (κ3) is 3.95. The number of aromatic nitrogens is 2. The molecule has 6 nitrogen and oxygen atoms in total. The number of methoxy groups -OCH3 is 2. The lowest BCUT2D eigenvalue weighted by Gasteiger charge is -2.20. The number of carbonyl (C=O) groups is 1. The van der Waals surface area contributed by atoms with Crippen molar-refractivity contribution in [2.45, 2.75) is 6.04 Å². The molecular weight excluding hydrogens is 368 g/mol. The molecule has 0 saturated heterocycles. The maximum Gasteiger partial charge on any atom is 0.255 e. The van der Waals surface area contributed by atoms with Gasteiger partial charge in [-0.15, -0.1) is 0 Å². The van der Waals surface area contributed by atoms with Crippen LogP contribution in [0, 0.1) is 11.6 Å². The van der Waals surface area contributed by atoms with Crippen LogP contribution in [0.5, 0.6) is 11.5 Å². The van der Waals surface area contributed by atoms with Gasteiger partial charge in [-0.25, -0.2) is 13.8 Å². The first-order chi connectivity index (χ1) is 13.4. The monoisotopic (exact) mass is 387 g/mol. The second-order valence-corrected chi connectivity index (χ2v) is 6.07. The summed E-state index contributed by atoms with van der Waals surface area (Å²) >= 11 is 0. The first kappa shape index (κ1) is 19.3. The minimum Gasteiger partial charge on any atom is -0.497 e. The molecule has 146 valence electrons. The molecule has 1 atom stereocenters. The Morgan fingerprint density at radius 3 is 2.32 bits per heavy atom. The molecule has 0 aliphatic rings. The van der Waals surface area contributed by atoms with E-state index < -0.39 is 23.6 Å². The van der Waals surface area contributed by atoms with Crippen molar-refractivity contribution in [3.8, 4) is 11.5 Å². The van der Waals surface area contributed by atoms with E-state index in [-0.39, 0.29) is 5.56 Å². The predicted octanol–water partition coefficient (Wildman–Crippen LogP) is 3.23. The summed E-state index contributed by atoms with van der Waals surface area (Å²) in [7, 11) is 4.80. The van der Waals surface area contributed by atoms with Crippen molar-refractivity contribution >= 4 is 5.91 Å². The summed E-state index contributed by atoms with van der Waals surface area (Å²) in [5.74, 6) is -0.837. The Morgan fingerprint density at radius 2 is 1.79 bits per heavy atom. The predicted molar refractivity (Wildman–Crippen MR) is 98.4 cm³/mol. The van der Waals surface area contributed by atoms with Crippen LogP contribution in [0.4, 0.5) is 8.78 Å². The highest BCUT2D eigenvalue weighted by Crippen LogP contribution is 2.29. The van der Waals surface area contributed by atoms with Gasteiger partial charge in [-0.3, -0.25) is 4.79 Å². The largest absolute Gasteiger partial charge is 0.497 e. The van der Waals surface area contributed by atoms with Gasteiger partial charge in [0, 0.05) is 31.6 Å². The first-order valence-electron chi connectivity index (χ1n) is 8.39. The lowest BCUT2D eigenvalue weighted by atomic mass is 10.0. The maximum atomic E-state index is 14.1. The van der Waals surface area contributed by atoms with Crippen molar-refractivity contribution in [3.63, 3.8) is 0 Å². The number of hydrogen-bond donors (Lipinski definition) is 1. The summed E-state index contributed by atoms with van der Waals surface area (Å²) in [5.41, 5.74) is 0.358. The molecule has 0 aliphatic heterocycles. The number of rotatable bonds is 6. The van der Waals surface area contributed by atoms with E-state index in [1.165, 1.54) is 14.2 Å². The van der Waals surface area contributed by atoms with E-state index >= 15 is 0 Å². The van der Waals surface area contributed by atoms with Crippen molar-refractivity contribution in [1.82, 2.24) is 14.9 Å². The van der Waals surface area contributed by atoms with Crippen LogP contribution >= 0.6 is 0 Å². The Morgan fingerprint density at radius 1 is 1.11 bits per heavy atom. The fourth-order valence-corrected chi connectivity index (χ4v) is 2.83. The van der Waals surface area contributed by atoms with Gasteiger partial charge >= 0.3 is 0 Å². The van der Waals surface area contributed by atoms with Gasteiger partial charge in [-0.2, -0.15) is 0 Å². The molecule has 1 aromatic heterocycles. The number of hydrogen-bond acceptors (Lipinski definition) is 4. The van der Waals surface area contributed by atoms with Crippen molar-refractivity contribution < 1.29 is 23.0 Å². The van der Waals surface area contributed by atoms with E-state index in [0.29, 0.717) is 29.0 Å². The lowest BCUT2D eigenvalue weighted by molar-refractivity contribution is 0.0937. The van der Waals surface area contributed by atoms with Gasteiger partial charge < -0.3 is 19.4 Å². The van der Waals surface area contributed by atoms with Gasteiger partial charge in [-0.1, -0.05) is 0 Å². The Balaban J connectivity index is 2.04. The third-order valence-corrected chi connectivity index (χ3v) is 4.27. The van der Waals surface area contributed by atoms with Crippen LogP contribution in [-0.4, -0.2) is 29.7 Å². The molecule has 8 heteroatoms. The Labute approximate surface area is 160 Å². The number of nitrogens with one attached hydrogen (secondary N) is 1. The molecule has 1 unspecified atom stereocenters. The molecule has 0 radical (unpaired) electrons. The summed E-state index contributed by atoms with van der Waals surface area (Å²) in [4.78, 5) is 17.0. The van der Waals surface area contributed by atoms with Gasteiger partial charge in [-0.05, 0) is 29.8 Å². The number of imidazole rings is 1. The summed E-state index contributed by atoms with van der Waals surface area (Å²) in [5, 5.41) is 2.76. The van der Waals surface area contributed by atoms with E-state index in [2.05, 4.69) is 10.3 Å². The zero-order valence-corrected chi connectivity index (χ0v) is 15.6. The zero-order chi connectivity index (χ0) is 20.3. The summed E-state index contributed by atoms with van der Waals surface area (Å²) in [6, 6.07) is 7.22. The standard InChI is InChI=1S/C20H19F2N3O3/c1-25-7-6-23-19(25)18(12-8-14(27-2)11-15(9-12)28-3)24-20(26)16-5-4-13(21)10-17(16)22/h4-11,18H,1-3H3,(H,24,26). The van der Waals surface area contributed by atoms with Crippen molar-refractivity contribution in [2.24, 2.45) is 7.05 Å². The number of benzene rings is 2. The molecule has 0 spiro atoms. The number of nitrogens with zero attached hydrogens (tertiary/aromatic N) is 2. The fourth-order valence-electron chi connectivity index (χ4n) is 2.83. The van der Waals surface area contributed by atoms with Crippen molar-refractivity contribution in [2.75, 3.05) is 14.2 Å². The molecule has 1 amide bonds. The number of ether oxygens (including phenoxy) is 2. The lowest BCUT2D eigenvalue weighted by Crippen LogP contribution is -2.31. The minimum absolute atomic E-state index is 0.268. The Kier molecular flexibility index (Phi) is 5.58. The van der Waals surface area contributed by atoms with E-state index in [9.17, 15) is 13.6 Å². The fraction of sp³-hybridized carbons (Fsp3) is 0.200. The van der Waals surface area contributed by atoms with Gasteiger partial charge in [0.25, 0.3) is 5.91 Å². The second-order valence-electron chi connectivity index (χ2n) is 6.07. The van der Waals surface area contributed by atoms with E-state index in [4.69, 9.17) is 9.47 Å². The molecule has 28 heavy (non-hydrogen) atoms. The second kappa shape index (κ2) is 8.08. The van der Waals surface area contributed by atoms with Gasteiger partial charge in [0.05, 0.1) is 19.8 Å². The van der Waals surface area contributed by atoms with E-state index in [1.807, 2.05) is 0 Å². The van der Waals surface area contributed by atoms with E-state index in [1.54, 1.807) is 42.2 Å². The molecule has 1 heterocycles. The topological polar surface area (TPSA) is 65.4 Å². The normalized spacial score (nSPS) is 11.8. The molecule has 0 bridgehead atoms. The van der Waals surface area contributed by atoms with E-state index in [0.717, 1.165) is 12.1 Å². The summed E-state index contributed by atoms with van der Waals surface area (Å²) < 4.78 is 39.5. The zero-order valence-electron chi connectivity index (χ0n) is 15.6. The van der Waals surface area contributed by atoms with Crippen LogP contribution in [0.1, 0.15) is 27.8 Å². The van der Waals surface area contributed by atoms with Crippen molar-refractivity contribution in [1.29, 1.82) is 0 Å². The highest BCUT2D eigenvalue weighted by atomic mass is 19.1. The quantitative estimate of drug-likeness (QED) is 0.705. The SMILES string of the molecule is COc1cc(OC)cc(C(NC(=O)c2ccc(F)cc2F)c2nccn2C)c1. The number of aryl methyl sites for hydroxylation is 1. The molecule has 1 N–H and O–H groups in total. The first-order valence-corrected chi connectivity index (χ1v) is 8.39. The maximum absolute atomic E-state index is 14.1. The number of halogens is 2. The van der Waals surface area contributed by atoms with Gasteiger partial charge in [0.2, 0.25) is 0 Å². The van der Waals surface area contributed by atoms with Crippen molar-refractivity contribution in [3.05, 3.63) is 77.4 Å². The van der Waals surface area contributed by atoms with Crippen LogP contribution < -0.4 is 14.8 Å². The van der Waals surface area contributed by atoms with Crippen LogP contribution in [0.25, 0.3) is 0 Å². The highest BCUT2D eigenvalue weighted by Gasteiger charge is 2.24. The van der Waals surface area contributed by atoms with Crippen LogP contribution in [0.2, 0.25) is 0 Å².